The van der Waals surface area contributed by atoms with Gasteiger partial charge in [-0.25, -0.2) is 0 Å². The van der Waals surface area contributed by atoms with Gasteiger partial charge in [-0.05, 0) is 32.4 Å². The summed E-state index contributed by atoms with van der Waals surface area (Å²) in [6.07, 6.45) is -4.19. The number of halogens is 3. The van der Waals surface area contributed by atoms with E-state index in [9.17, 15) is 13.2 Å². The first kappa shape index (κ1) is 20.1. The zero-order chi connectivity index (χ0) is 17.8. The molecule has 0 saturated carbocycles. The number of rotatable bonds is 9. The quantitative estimate of drug-likeness (QED) is 0.410. The predicted octanol–water partition coefficient (Wildman–Crippen LogP) is 3.41. The zero-order valence-electron chi connectivity index (χ0n) is 14.4. The lowest BCUT2D eigenvalue weighted by Crippen LogP contribution is -2.39. The molecule has 0 aliphatic heterocycles. The van der Waals surface area contributed by atoms with Crippen molar-refractivity contribution in [3.05, 3.63) is 30.3 Å². The molecule has 1 aromatic carbocycles. The van der Waals surface area contributed by atoms with Crippen LogP contribution < -0.4 is 15.5 Å². The Labute approximate surface area is 142 Å². The van der Waals surface area contributed by atoms with E-state index in [1.807, 2.05) is 25.1 Å². The van der Waals surface area contributed by atoms with Gasteiger partial charge in [-0.3, -0.25) is 4.99 Å². The second-order valence-electron chi connectivity index (χ2n) is 5.32. The molecule has 0 aromatic heterocycles. The number of nitrogens with zero attached hydrogens (tertiary/aromatic N) is 2. The standard InChI is InChI=1S/C17H27F3N4/c1-3-21-16(23-13-11-17(18,19)20)22-12-8-14-24(4-2)15-9-6-5-7-10-15/h5-7,9-10H,3-4,8,11-14H2,1-2H3,(H2,21,22,23). The molecule has 24 heavy (non-hydrogen) atoms. The van der Waals surface area contributed by atoms with E-state index in [2.05, 4.69) is 39.6 Å². The molecule has 0 amide bonds. The third-order valence-electron chi connectivity index (χ3n) is 3.40. The Morgan fingerprint density at radius 3 is 2.42 bits per heavy atom. The highest BCUT2D eigenvalue weighted by Crippen LogP contribution is 2.18. The van der Waals surface area contributed by atoms with Crippen LogP contribution in [0.5, 0.6) is 0 Å². The lowest BCUT2D eigenvalue weighted by atomic mass is 10.2. The molecular formula is C17H27F3N4. The fourth-order valence-corrected chi connectivity index (χ4v) is 2.23. The van der Waals surface area contributed by atoms with Crippen molar-refractivity contribution in [3.8, 4) is 0 Å². The Hall–Kier alpha value is -1.92. The average molecular weight is 344 g/mol. The summed E-state index contributed by atoms with van der Waals surface area (Å²) in [5.74, 6) is 0.435. The fourth-order valence-electron chi connectivity index (χ4n) is 2.23. The third-order valence-corrected chi connectivity index (χ3v) is 3.40. The van der Waals surface area contributed by atoms with E-state index in [4.69, 9.17) is 0 Å². The predicted molar refractivity (Wildman–Crippen MR) is 93.6 cm³/mol. The summed E-state index contributed by atoms with van der Waals surface area (Å²) in [7, 11) is 0. The third kappa shape index (κ3) is 8.64. The maximum absolute atomic E-state index is 12.2. The molecule has 1 rings (SSSR count). The second kappa shape index (κ2) is 10.8. The van der Waals surface area contributed by atoms with Crippen LogP contribution >= 0.6 is 0 Å². The van der Waals surface area contributed by atoms with Gasteiger partial charge in [0.15, 0.2) is 5.96 Å². The molecule has 136 valence electrons. The van der Waals surface area contributed by atoms with E-state index in [0.717, 1.165) is 19.5 Å². The smallest absolute Gasteiger partial charge is 0.372 e. The summed E-state index contributed by atoms with van der Waals surface area (Å²) in [5.41, 5.74) is 1.17. The van der Waals surface area contributed by atoms with Crippen molar-refractivity contribution in [1.82, 2.24) is 10.6 Å². The van der Waals surface area contributed by atoms with Gasteiger partial charge in [0.1, 0.15) is 0 Å². The molecule has 0 saturated heterocycles. The van der Waals surface area contributed by atoms with Gasteiger partial charge in [0.25, 0.3) is 0 Å². The van der Waals surface area contributed by atoms with E-state index in [1.165, 1.54) is 5.69 Å². The molecule has 0 aliphatic carbocycles. The molecule has 0 heterocycles. The molecule has 0 aliphatic rings. The maximum Gasteiger partial charge on any atom is 0.390 e. The summed E-state index contributed by atoms with van der Waals surface area (Å²) >= 11 is 0. The molecule has 1 aromatic rings. The van der Waals surface area contributed by atoms with Gasteiger partial charge in [0, 0.05) is 38.4 Å². The Morgan fingerprint density at radius 2 is 1.83 bits per heavy atom. The van der Waals surface area contributed by atoms with Gasteiger partial charge >= 0.3 is 6.18 Å². The average Bonchev–Trinajstić information content (AvgIpc) is 2.54. The number of hydrogen-bond donors (Lipinski definition) is 2. The van der Waals surface area contributed by atoms with Crippen LogP contribution in [-0.4, -0.2) is 44.9 Å². The van der Waals surface area contributed by atoms with Crippen LogP contribution in [0.15, 0.2) is 35.3 Å². The summed E-state index contributed by atoms with van der Waals surface area (Å²) in [5, 5.41) is 5.68. The van der Waals surface area contributed by atoms with Gasteiger partial charge in [0.05, 0.1) is 6.42 Å². The lowest BCUT2D eigenvalue weighted by molar-refractivity contribution is -0.132. The monoisotopic (exact) mass is 344 g/mol. The van der Waals surface area contributed by atoms with Gasteiger partial charge in [0.2, 0.25) is 0 Å². The molecule has 0 bridgehead atoms. The normalized spacial score (nSPS) is 12.1. The summed E-state index contributed by atoms with van der Waals surface area (Å²) in [4.78, 5) is 6.58. The first-order valence-corrected chi connectivity index (χ1v) is 8.35. The molecule has 0 radical (unpaired) electrons. The van der Waals surface area contributed by atoms with E-state index in [-0.39, 0.29) is 6.54 Å². The fraction of sp³-hybridized carbons (Fsp3) is 0.588. The van der Waals surface area contributed by atoms with E-state index in [1.54, 1.807) is 0 Å². The molecule has 7 heteroatoms. The van der Waals surface area contributed by atoms with Crippen molar-refractivity contribution in [2.45, 2.75) is 32.9 Å². The van der Waals surface area contributed by atoms with E-state index in [0.29, 0.717) is 19.0 Å². The molecule has 2 N–H and O–H groups in total. The molecule has 0 unspecified atom stereocenters. The van der Waals surface area contributed by atoms with Crippen LogP contribution in [0, 0.1) is 0 Å². The summed E-state index contributed by atoms with van der Waals surface area (Å²) in [6.45, 7) is 6.74. The van der Waals surface area contributed by atoms with Gasteiger partial charge < -0.3 is 15.5 Å². The SMILES string of the molecule is CCNC(=NCCCN(CC)c1ccccc1)NCCC(F)(F)F. The van der Waals surface area contributed by atoms with Crippen LogP contribution in [0.3, 0.4) is 0 Å². The largest absolute Gasteiger partial charge is 0.390 e. The number of benzene rings is 1. The lowest BCUT2D eigenvalue weighted by Gasteiger charge is -2.22. The molecular weight excluding hydrogens is 317 g/mol. The van der Waals surface area contributed by atoms with Crippen LogP contribution in [0.2, 0.25) is 0 Å². The Balaban J connectivity index is 2.40. The van der Waals surface area contributed by atoms with Gasteiger partial charge in [-0.2, -0.15) is 13.2 Å². The van der Waals surface area contributed by atoms with Crippen LogP contribution in [0.25, 0.3) is 0 Å². The molecule has 0 fully saturated rings. The minimum atomic E-state index is -4.15. The Bertz CT molecular complexity index is 474. The van der Waals surface area contributed by atoms with Crippen molar-refractivity contribution < 1.29 is 13.2 Å². The number of alkyl halides is 3. The van der Waals surface area contributed by atoms with Crippen molar-refractivity contribution in [2.75, 3.05) is 37.6 Å². The number of hydrogen-bond acceptors (Lipinski definition) is 2. The summed E-state index contributed by atoms with van der Waals surface area (Å²) in [6, 6.07) is 10.1. The van der Waals surface area contributed by atoms with Gasteiger partial charge in [-0.1, -0.05) is 18.2 Å². The highest BCUT2D eigenvalue weighted by atomic mass is 19.4. The zero-order valence-corrected chi connectivity index (χ0v) is 14.4. The Kier molecular flexibility index (Phi) is 9.04. The van der Waals surface area contributed by atoms with Gasteiger partial charge in [-0.15, -0.1) is 0 Å². The van der Waals surface area contributed by atoms with Crippen LogP contribution in [0.1, 0.15) is 26.7 Å². The number of para-hydroxylation sites is 1. The van der Waals surface area contributed by atoms with E-state index < -0.39 is 12.6 Å². The van der Waals surface area contributed by atoms with Crippen LogP contribution in [-0.2, 0) is 0 Å². The molecule has 0 spiro atoms. The highest BCUT2D eigenvalue weighted by molar-refractivity contribution is 5.79. The van der Waals surface area contributed by atoms with Crippen molar-refractivity contribution in [3.63, 3.8) is 0 Å². The van der Waals surface area contributed by atoms with Crippen molar-refractivity contribution in [2.24, 2.45) is 4.99 Å². The Morgan fingerprint density at radius 1 is 1.12 bits per heavy atom. The number of aliphatic imine (C=N–C) groups is 1. The number of anilines is 1. The van der Waals surface area contributed by atoms with Crippen molar-refractivity contribution in [1.29, 1.82) is 0 Å². The second-order valence-corrected chi connectivity index (χ2v) is 5.32. The highest BCUT2D eigenvalue weighted by Gasteiger charge is 2.26. The molecule has 4 nitrogen and oxygen atoms in total. The molecule has 0 atom stereocenters. The minimum Gasteiger partial charge on any atom is -0.372 e. The van der Waals surface area contributed by atoms with E-state index >= 15 is 0 Å². The minimum absolute atomic E-state index is 0.166. The first-order valence-electron chi connectivity index (χ1n) is 8.35. The topological polar surface area (TPSA) is 39.7 Å². The summed E-state index contributed by atoms with van der Waals surface area (Å²) < 4.78 is 36.5. The maximum atomic E-state index is 12.2. The number of guanidine groups is 1. The van der Waals surface area contributed by atoms with Crippen molar-refractivity contribution >= 4 is 11.6 Å². The van der Waals surface area contributed by atoms with Crippen LogP contribution in [0.4, 0.5) is 18.9 Å². The first-order chi connectivity index (χ1) is 11.5. The number of nitrogens with one attached hydrogen (secondary N) is 2.